The summed E-state index contributed by atoms with van der Waals surface area (Å²) in [5, 5.41) is 37.1. The molecule has 8 heteroatoms. The summed E-state index contributed by atoms with van der Waals surface area (Å²) in [6.45, 7) is 4.56. The summed E-state index contributed by atoms with van der Waals surface area (Å²) in [6.07, 6.45) is 4.18. The number of nitrogens with one attached hydrogen (secondary N) is 2. The number of aliphatic hydroxyl groups excluding tert-OH is 2. The van der Waals surface area contributed by atoms with Crippen LogP contribution in [0.1, 0.15) is 70.4 Å². The number of aliphatic hydroxyl groups is 2. The molecule has 1 amide bonds. The van der Waals surface area contributed by atoms with Gasteiger partial charge in [0.05, 0.1) is 17.6 Å². The van der Waals surface area contributed by atoms with Gasteiger partial charge in [-0.3, -0.25) is 15.4 Å². The van der Waals surface area contributed by atoms with Crippen LogP contribution in [-0.2, 0) is 4.79 Å². The first-order valence-electron chi connectivity index (χ1n) is 13.5. The minimum absolute atomic E-state index is 0.0220. The number of hydrogen-bond donors (Lipinski definition) is 5. The first-order chi connectivity index (χ1) is 17.8. The van der Waals surface area contributed by atoms with E-state index in [1.807, 2.05) is 12.1 Å². The van der Waals surface area contributed by atoms with Gasteiger partial charge < -0.3 is 20.2 Å². The van der Waals surface area contributed by atoms with Crippen LogP contribution in [0.15, 0.2) is 48.5 Å². The van der Waals surface area contributed by atoms with Crippen LogP contribution < -0.4 is 15.5 Å². The lowest BCUT2D eigenvalue weighted by Gasteiger charge is -2.57. The molecule has 2 aromatic carbocycles. The number of unbranched alkanes of at least 4 members (excludes halogenated alkanes) is 1. The van der Waals surface area contributed by atoms with Gasteiger partial charge in [0.15, 0.2) is 6.35 Å². The molecule has 37 heavy (non-hydrogen) atoms. The highest BCUT2D eigenvalue weighted by Crippen LogP contribution is 2.56. The number of benzene rings is 2. The quantitative estimate of drug-likeness (QED) is 0.228. The number of nitrogens with zero attached hydrogens (tertiary/aromatic N) is 1. The molecule has 0 aromatic heterocycles. The first-order valence-corrected chi connectivity index (χ1v) is 13.5. The Kier molecular flexibility index (Phi) is 8.85. The van der Waals surface area contributed by atoms with E-state index < -0.39 is 17.9 Å². The molecule has 6 atom stereocenters. The number of carbonyl (C=O) groups excluding carboxylic acids is 1. The van der Waals surface area contributed by atoms with E-state index in [1.165, 1.54) is 12.1 Å². The molecule has 1 aliphatic heterocycles. The van der Waals surface area contributed by atoms with Crippen LogP contribution in [0.25, 0.3) is 0 Å². The average Bonchev–Trinajstić information content (AvgIpc) is 2.88. The van der Waals surface area contributed by atoms with Crippen molar-refractivity contribution < 1.29 is 24.5 Å². The number of hydrogen-bond acceptors (Lipinski definition) is 6. The van der Waals surface area contributed by atoms with E-state index in [0.717, 1.165) is 37.7 Å². The SMILES string of the molecule is CCCCC1(CCNC(O)NC2C(C)CCCC2O)C(=O)N(c2ccc(F)cc2)C1c1ccc(O)cc1. The predicted octanol–water partition coefficient (Wildman–Crippen LogP) is 4.19. The molecule has 6 unspecified atom stereocenters. The van der Waals surface area contributed by atoms with Gasteiger partial charge >= 0.3 is 0 Å². The van der Waals surface area contributed by atoms with E-state index in [-0.39, 0.29) is 35.5 Å². The number of halogens is 1. The van der Waals surface area contributed by atoms with Gasteiger partial charge in [0.25, 0.3) is 0 Å². The van der Waals surface area contributed by atoms with Crippen LogP contribution in [0.3, 0.4) is 0 Å². The molecule has 5 N–H and O–H groups in total. The molecule has 202 valence electrons. The average molecular weight is 514 g/mol. The van der Waals surface area contributed by atoms with Crippen LogP contribution in [0.4, 0.5) is 10.1 Å². The maximum Gasteiger partial charge on any atom is 0.236 e. The van der Waals surface area contributed by atoms with E-state index in [1.54, 1.807) is 29.2 Å². The Morgan fingerprint density at radius 3 is 2.46 bits per heavy atom. The number of phenols is 1. The minimum Gasteiger partial charge on any atom is -0.508 e. The Morgan fingerprint density at radius 1 is 1.11 bits per heavy atom. The Hall–Kier alpha value is -2.52. The maximum absolute atomic E-state index is 13.8. The zero-order valence-electron chi connectivity index (χ0n) is 21.7. The molecule has 7 nitrogen and oxygen atoms in total. The summed E-state index contributed by atoms with van der Waals surface area (Å²) in [5.74, 6) is 0.0220. The largest absolute Gasteiger partial charge is 0.508 e. The van der Waals surface area contributed by atoms with Gasteiger partial charge in [-0.2, -0.15) is 0 Å². The fourth-order valence-electron chi connectivity index (χ4n) is 6.09. The van der Waals surface area contributed by atoms with Crippen molar-refractivity contribution in [2.45, 2.75) is 83.3 Å². The second kappa shape index (κ2) is 11.9. The predicted molar refractivity (Wildman–Crippen MR) is 141 cm³/mol. The van der Waals surface area contributed by atoms with Crippen molar-refractivity contribution in [3.63, 3.8) is 0 Å². The highest BCUT2D eigenvalue weighted by atomic mass is 19.1. The fraction of sp³-hybridized carbons (Fsp3) is 0.552. The lowest BCUT2D eigenvalue weighted by molar-refractivity contribution is -0.142. The number of β-lactam (4-membered cyclic amide) rings is 1. The highest BCUT2D eigenvalue weighted by Gasteiger charge is 2.60. The normalized spacial score (nSPS) is 28.7. The van der Waals surface area contributed by atoms with E-state index in [2.05, 4.69) is 24.5 Å². The van der Waals surface area contributed by atoms with Gasteiger partial charge in [0.2, 0.25) is 5.91 Å². The molecule has 1 saturated carbocycles. The molecular formula is C29H40FN3O4. The lowest BCUT2D eigenvalue weighted by Crippen LogP contribution is -2.65. The maximum atomic E-state index is 13.8. The van der Waals surface area contributed by atoms with Crippen molar-refractivity contribution in [1.29, 1.82) is 0 Å². The molecule has 1 saturated heterocycles. The molecule has 0 bridgehead atoms. The van der Waals surface area contributed by atoms with Crippen molar-refractivity contribution in [1.82, 2.24) is 10.6 Å². The molecule has 2 aliphatic rings. The van der Waals surface area contributed by atoms with E-state index >= 15 is 0 Å². The molecule has 1 aliphatic carbocycles. The number of phenolic OH excluding ortho intramolecular Hbond substituents is 1. The molecule has 4 rings (SSSR count). The van der Waals surface area contributed by atoms with Crippen molar-refractivity contribution in [2.75, 3.05) is 11.4 Å². The number of amides is 1. The lowest BCUT2D eigenvalue weighted by atomic mass is 9.62. The van der Waals surface area contributed by atoms with Crippen LogP contribution in [-0.4, -0.2) is 46.3 Å². The third kappa shape index (κ3) is 5.82. The van der Waals surface area contributed by atoms with Gasteiger partial charge in [0, 0.05) is 11.7 Å². The second-order valence-electron chi connectivity index (χ2n) is 10.7. The first kappa shape index (κ1) is 27.5. The van der Waals surface area contributed by atoms with Gasteiger partial charge in [-0.15, -0.1) is 0 Å². The molecular weight excluding hydrogens is 473 g/mol. The second-order valence-corrected chi connectivity index (χ2v) is 10.7. The number of rotatable bonds is 11. The van der Waals surface area contributed by atoms with E-state index in [4.69, 9.17) is 0 Å². The zero-order valence-corrected chi connectivity index (χ0v) is 21.7. The van der Waals surface area contributed by atoms with Crippen LogP contribution in [0.2, 0.25) is 0 Å². The van der Waals surface area contributed by atoms with E-state index in [9.17, 15) is 24.5 Å². The van der Waals surface area contributed by atoms with Gasteiger partial charge in [0.1, 0.15) is 11.6 Å². The molecule has 0 radical (unpaired) electrons. The topological polar surface area (TPSA) is 105 Å². The minimum atomic E-state index is -1.00. The summed E-state index contributed by atoms with van der Waals surface area (Å²) in [5.41, 5.74) is 0.827. The molecule has 1 heterocycles. The van der Waals surface area contributed by atoms with Gasteiger partial charge in [-0.25, -0.2) is 4.39 Å². The number of anilines is 1. The smallest absolute Gasteiger partial charge is 0.236 e. The van der Waals surface area contributed by atoms with Crippen molar-refractivity contribution >= 4 is 11.6 Å². The summed E-state index contributed by atoms with van der Waals surface area (Å²) in [7, 11) is 0. The number of aromatic hydroxyl groups is 1. The molecule has 2 fully saturated rings. The molecule has 2 aromatic rings. The van der Waals surface area contributed by atoms with Crippen molar-refractivity contribution in [3.05, 3.63) is 59.9 Å². The van der Waals surface area contributed by atoms with Crippen LogP contribution >= 0.6 is 0 Å². The third-order valence-electron chi connectivity index (χ3n) is 8.16. The summed E-state index contributed by atoms with van der Waals surface area (Å²) >= 11 is 0. The third-order valence-corrected chi connectivity index (χ3v) is 8.16. The fourth-order valence-corrected chi connectivity index (χ4v) is 6.09. The Labute approximate surface area is 218 Å². The standard InChI is InChI=1S/C29H40FN3O4/c1-3-4-16-29(17-18-31-28(37)32-25-19(2)6-5-7-24(25)35)26(20-8-14-23(34)15-9-20)33(27(29)36)22-12-10-21(30)11-13-22/h8-15,19,24-26,28,31-32,34-35,37H,3-7,16-18H2,1-2H3. The van der Waals surface area contributed by atoms with Gasteiger partial charge in [-0.05, 0) is 80.1 Å². The monoisotopic (exact) mass is 513 g/mol. The van der Waals surface area contributed by atoms with Crippen LogP contribution in [0, 0.1) is 17.2 Å². The van der Waals surface area contributed by atoms with Crippen molar-refractivity contribution in [2.24, 2.45) is 11.3 Å². The van der Waals surface area contributed by atoms with Gasteiger partial charge in [-0.1, -0.05) is 45.2 Å². The van der Waals surface area contributed by atoms with Crippen molar-refractivity contribution in [3.8, 4) is 5.75 Å². The zero-order chi connectivity index (χ0) is 26.6. The molecule has 0 spiro atoms. The Bertz CT molecular complexity index is 1020. The van der Waals surface area contributed by atoms with Crippen LogP contribution in [0.5, 0.6) is 5.75 Å². The summed E-state index contributed by atoms with van der Waals surface area (Å²) < 4.78 is 13.6. The summed E-state index contributed by atoms with van der Waals surface area (Å²) in [6, 6.07) is 12.4. The Morgan fingerprint density at radius 2 is 1.81 bits per heavy atom. The highest BCUT2D eigenvalue weighted by molar-refractivity contribution is 6.06. The number of carbonyl (C=O) groups is 1. The summed E-state index contributed by atoms with van der Waals surface area (Å²) in [4.78, 5) is 15.6. The van der Waals surface area contributed by atoms with E-state index in [0.29, 0.717) is 25.1 Å². The Balaban J connectivity index is 1.53.